The summed E-state index contributed by atoms with van der Waals surface area (Å²) in [5, 5.41) is 0.818. The highest BCUT2D eigenvalue weighted by molar-refractivity contribution is 8.18. The van der Waals surface area contributed by atoms with Crippen LogP contribution in [0.1, 0.15) is 22.3 Å². The Balaban J connectivity index is 1.13. The molecule has 35 heavy (non-hydrogen) atoms. The van der Waals surface area contributed by atoms with Crippen molar-refractivity contribution >= 4 is 28.9 Å². The van der Waals surface area contributed by atoms with Crippen molar-refractivity contribution < 1.29 is 9.53 Å². The fourth-order valence-corrected chi connectivity index (χ4v) is 5.10. The summed E-state index contributed by atoms with van der Waals surface area (Å²) in [6.07, 6.45) is 1.92. The Morgan fingerprint density at radius 2 is 1.60 bits per heavy atom. The number of amides is 1. The van der Waals surface area contributed by atoms with Gasteiger partial charge in [0.1, 0.15) is 12.4 Å². The lowest BCUT2D eigenvalue weighted by Gasteiger charge is -2.35. The topological polar surface area (TPSA) is 45.1 Å². The van der Waals surface area contributed by atoms with Crippen LogP contribution >= 0.6 is 11.8 Å². The van der Waals surface area contributed by atoms with Crippen molar-refractivity contribution in [3.63, 3.8) is 0 Å². The zero-order valence-corrected chi connectivity index (χ0v) is 20.7. The molecule has 2 heterocycles. The second-order valence-corrected chi connectivity index (χ2v) is 9.91. The lowest BCUT2D eigenvalue weighted by Crippen LogP contribution is -2.47. The Morgan fingerprint density at radius 1 is 0.886 bits per heavy atom. The van der Waals surface area contributed by atoms with Crippen molar-refractivity contribution in [2.45, 2.75) is 20.1 Å². The summed E-state index contributed by atoms with van der Waals surface area (Å²) in [4.78, 5) is 22.2. The highest BCUT2D eigenvalue weighted by Gasteiger charge is 2.28. The molecule has 0 spiro atoms. The number of carbonyl (C=O) groups is 1. The van der Waals surface area contributed by atoms with Gasteiger partial charge in [0.05, 0.1) is 4.91 Å². The summed E-state index contributed by atoms with van der Waals surface area (Å²) < 4.78 is 5.89. The van der Waals surface area contributed by atoms with Gasteiger partial charge in [0.2, 0.25) is 0 Å². The Kier molecular flexibility index (Phi) is 7.31. The van der Waals surface area contributed by atoms with E-state index in [2.05, 4.69) is 70.2 Å². The fraction of sp³-hybridized carbons (Fsp3) is 0.241. The van der Waals surface area contributed by atoms with Crippen molar-refractivity contribution in [3.05, 3.63) is 106 Å². The van der Waals surface area contributed by atoms with Crippen molar-refractivity contribution in [1.29, 1.82) is 0 Å². The molecule has 3 aromatic carbocycles. The van der Waals surface area contributed by atoms with Crippen molar-refractivity contribution in [2.24, 2.45) is 4.99 Å². The quantitative estimate of drug-likeness (QED) is 0.442. The minimum absolute atomic E-state index is 0.156. The van der Waals surface area contributed by atoms with Crippen LogP contribution in [0.2, 0.25) is 0 Å². The van der Waals surface area contributed by atoms with E-state index < -0.39 is 0 Å². The second-order valence-electron chi connectivity index (χ2n) is 8.90. The van der Waals surface area contributed by atoms with Crippen LogP contribution in [-0.4, -0.2) is 47.1 Å². The van der Waals surface area contributed by atoms with Gasteiger partial charge in [-0.05, 0) is 53.6 Å². The van der Waals surface area contributed by atoms with E-state index in [1.807, 2.05) is 36.4 Å². The van der Waals surface area contributed by atoms with Crippen molar-refractivity contribution in [2.75, 3.05) is 26.2 Å². The molecule has 5 nitrogen and oxygen atoms in total. The van der Waals surface area contributed by atoms with Crippen LogP contribution in [0.15, 0.2) is 88.8 Å². The average Bonchev–Trinajstić information content (AvgIpc) is 3.25. The predicted molar refractivity (Wildman–Crippen MR) is 143 cm³/mol. The number of aryl methyl sites for hydroxylation is 1. The monoisotopic (exact) mass is 483 g/mol. The molecule has 0 N–H and O–H groups in total. The smallest absolute Gasteiger partial charge is 0.286 e. The molecule has 6 heteroatoms. The summed E-state index contributed by atoms with van der Waals surface area (Å²) in [5.74, 6) is 0.653. The molecule has 178 valence electrons. The number of carbonyl (C=O) groups excluding carboxylic acids is 1. The number of thioether (sulfide) groups is 1. The van der Waals surface area contributed by atoms with Crippen molar-refractivity contribution in [1.82, 2.24) is 9.80 Å². The maximum Gasteiger partial charge on any atom is 0.286 e. The molecule has 0 bridgehead atoms. The first-order valence-electron chi connectivity index (χ1n) is 11.9. The molecule has 0 aliphatic carbocycles. The van der Waals surface area contributed by atoms with Gasteiger partial charge < -0.3 is 9.64 Å². The Hall–Kier alpha value is -3.35. The Labute approximate surface area is 211 Å². The van der Waals surface area contributed by atoms with Crippen LogP contribution in [0.25, 0.3) is 6.08 Å². The van der Waals surface area contributed by atoms with E-state index in [1.54, 1.807) is 0 Å². The lowest BCUT2D eigenvalue weighted by molar-refractivity contribution is -0.113. The molecule has 2 aliphatic heterocycles. The minimum Gasteiger partial charge on any atom is -0.489 e. The predicted octanol–water partition coefficient (Wildman–Crippen LogP) is 5.36. The van der Waals surface area contributed by atoms with E-state index in [0.29, 0.717) is 11.5 Å². The van der Waals surface area contributed by atoms with Gasteiger partial charge in [-0.1, -0.05) is 72.3 Å². The SMILES string of the molecule is Cc1ccc(COc2ccc(/C=C3\SC(N4CCN(Cc5ccccc5)CC4)=NC3=O)cc2)cc1. The molecule has 1 amide bonds. The first-order valence-corrected chi connectivity index (χ1v) is 12.8. The van der Waals surface area contributed by atoms with Crippen LogP contribution in [0.4, 0.5) is 0 Å². The Morgan fingerprint density at radius 3 is 2.31 bits per heavy atom. The fourth-order valence-electron chi connectivity index (χ4n) is 4.13. The lowest BCUT2D eigenvalue weighted by atomic mass is 10.1. The van der Waals surface area contributed by atoms with Crippen molar-refractivity contribution in [3.8, 4) is 5.75 Å². The number of benzene rings is 3. The molecule has 2 aliphatic rings. The molecule has 0 atom stereocenters. The third kappa shape index (κ3) is 6.21. The summed E-state index contributed by atoms with van der Waals surface area (Å²) in [7, 11) is 0. The molecule has 0 radical (unpaired) electrons. The Bertz CT molecular complexity index is 1210. The van der Waals surface area contributed by atoms with Gasteiger partial charge in [-0.2, -0.15) is 4.99 Å². The minimum atomic E-state index is -0.156. The molecular formula is C29H29N3O2S. The molecule has 0 aromatic heterocycles. The van der Waals surface area contributed by atoms with E-state index in [9.17, 15) is 4.79 Å². The highest BCUT2D eigenvalue weighted by Crippen LogP contribution is 2.31. The maximum absolute atomic E-state index is 12.5. The number of piperazine rings is 1. The largest absolute Gasteiger partial charge is 0.489 e. The van der Waals surface area contributed by atoms with Crippen LogP contribution < -0.4 is 4.74 Å². The highest BCUT2D eigenvalue weighted by atomic mass is 32.2. The van der Waals surface area contributed by atoms with E-state index in [0.717, 1.165) is 54.8 Å². The molecule has 1 saturated heterocycles. The van der Waals surface area contributed by atoms with Gasteiger partial charge in [0, 0.05) is 32.7 Å². The van der Waals surface area contributed by atoms with E-state index in [4.69, 9.17) is 4.74 Å². The van der Waals surface area contributed by atoms with Crippen LogP contribution in [-0.2, 0) is 17.9 Å². The zero-order chi connectivity index (χ0) is 24.0. The third-order valence-electron chi connectivity index (χ3n) is 6.20. The van der Waals surface area contributed by atoms with Gasteiger partial charge in [-0.25, -0.2) is 0 Å². The van der Waals surface area contributed by atoms with Gasteiger partial charge in [0.25, 0.3) is 5.91 Å². The first-order chi connectivity index (χ1) is 17.1. The number of hydrogen-bond donors (Lipinski definition) is 0. The van der Waals surface area contributed by atoms with E-state index in [1.165, 1.54) is 22.9 Å². The number of amidine groups is 1. The van der Waals surface area contributed by atoms with E-state index >= 15 is 0 Å². The van der Waals surface area contributed by atoms with Crippen LogP contribution in [0.5, 0.6) is 5.75 Å². The molecule has 5 rings (SSSR count). The summed E-state index contributed by atoms with van der Waals surface area (Å²) in [6.45, 7) is 7.26. The van der Waals surface area contributed by atoms with Gasteiger partial charge in [-0.15, -0.1) is 0 Å². The summed E-state index contributed by atoms with van der Waals surface area (Å²) >= 11 is 1.48. The van der Waals surface area contributed by atoms with Crippen LogP contribution in [0, 0.1) is 6.92 Å². The third-order valence-corrected chi connectivity index (χ3v) is 7.25. The molecule has 0 unspecified atom stereocenters. The molecular weight excluding hydrogens is 454 g/mol. The second kappa shape index (κ2) is 10.9. The van der Waals surface area contributed by atoms with Crippen LogP contribution in [0.3, 0.4) is 0 Å². The van der Waals surface area contributed by atoms with E-state index in [-0.39, 0.29) is 5.91 Å². The summed E-state index contributed by atoms with van der Waals surface area (Å²) in [5.41, 5.74) is 4.68. The normalized spacial score (nSPS) is 17.6. The maximum atomic E-state index is 12.5. The molecule has 3 aromatic rings. The average molecular weight is 484 g/mol. The number of rotatable bonds is 6. The van der Waals surface area contributed by atoms with Gasteiger partial charge in [-0.3, -0.25) is 9.69 Å². The van der Waals surface area contributed by atoms with Gasteiger partial charge >= 0.3 is 0 Å². The number of hydrogen-bond acceptors (Lipinski definition) is 5. The zero-order valence-electron chi connectivity index (χ0n) is 19.9. The number of ether oxygens (including phenoxy) is 1. The number of nitrogens with zero attached hydrogens (tertiary/aromatic N) is 3. The molecule has 0 saturated carbocycles. The van der Waals surface area contributed by atoms with Gasteiger partial charge in [0.15, 0.2) is 5.17 Å². The number of aliphatic imine (C=N–C) groups is 1. The molecule has 1 fully saturated rings. The summed E-state index contributed by atoms with van der Waals surface area (Å²) in [6, 6.07) is 26.7. The standard InChI is InChI=1S/C29H29N3O2S/c1-22-7-9-25(10-8-22)21-34-26-13-11-23(12-14-26)19-27-28(33)30-29(35-27)32-17-15-31(16-18-32)20-24-5-3-2-4-6-24/h2-14,19H,15-18,20-21H2,1H3/b27-19-. The first kappa shape index (κ1) is 23.4.